The second-order valence-corrected chi connectivity index (χ2v) is 7.25. The topological polar surface area (TPSA) is 43.8 Å². The first kappa shape index (κ1) is 18.2. The van der Waals surface area contributed by atoms with Crippen LogP contribution in [0.1, 0.15) is 43.8 Å². The Morgan fingerprint density at radius 3 is 2.96 bits per heavy atom. The Morgan fingerprint density at radius 1 is 1.48 bits per heavy atom. The molecule has 0 saturated carbocycles. The van der Waals surface area contributed by atoms with E-state index < -0.39 is 0 Å². The number of nitrogens with zero attached hydrogens (tertiary/aromatic N) is 4. The molecular formula is C17H31N5S. The highest BCUT2D eigenvalue weighted by Crippen LogP contribution is 2.17. The first-order valence-corrected chi connectivity index (χ1v) is 9.66. The molecule has 1 N–H and O–H groups in total. The van der Waals surface area contributed by atoms with Crippen molar-refractivity contribution >= 4 is 17.3 Å². The fourth-order valence-corrected chi connectivity index (χ4v) is 3.75. The molecule has 0 aromatic carbocycles. The minimum absolute atomic E-state index is 0.595. The summed E-state index contributed by atoms with van der Waals surface area (Å²) in [5.74, 6) is 0.986. The third kappa shape index (κ3) is 5.46. The molecule has 2 heterocycles. The summed E-state index contributed by atoms with van der Waals surface area (Å²) in [6, 6.07) is 0.595. The third-order valence-electron chi connectivity index (χ3n) is 4.37. The molecule has 1 aliphatic rings. The van der Waals surface area contributed by atoms with Gasteiger partial charge in [-0.1, -0.05) is 13.3 Å². The summed E-state index contributed by atoms with van der Waals surface area (Å²) in [7, 11) is 2.09. The molecular weight excluding hydrogens is 306 g/mol. The van der Waals surface area contributed by atoms with Gasteiger partial charge >= 0.3 is 0 Å². The summed E-state index contributed by atoms with van der Waals surface area (Å²) in [6.45, 7) is 11.4. The van der Waals surface area contributed by atoms with Gasteiger partial charge in [-0.15, -0.1) is 11.3 Å². The lowest BCUT2D eigenvalue weighted by atomic mass is 10.0. The highest BCUT2D eigenvalue weighted by molar-refractivity contribution is 7.09. The van der Waals surface area contributed by atoms with E-state index in [1.165, 1.54) is 25.8 Å². The van der Waals surface area contributed by atoms with Crippen LogP contribution in [0.15, 0.2) is 10.4 Å². The smallest absolute Gasteiger partial charge is 0.194 e. The Labute approximate surface area is 144 Å². The predicted octanol–water partition coefficient (Wildman–Crippen LogP) is 2.72. The van der Waals surface area contributed by atoms with Crippen molar-refractivity contribution in [3.05, 3.63) is 16.1 Å². The Bertz CT molecular complexity index is 499. The maximum absolute atomic E-state index is 4.90. The number of nitrogens with one attached hydrogen (secondary N) is 1. The van der Waals surface area contributed by atoms with Gasteiger partial charge < -0.3 is 10.2 Å². The molecule has 1 atom stereocenters. The maximum atomic E-state index is 4.90. The number of aromatic nitrogens is 1. The molecule has 1 aliphatic heterocycles. The molecule has 0 bridgehead atoms. The van der Waals surface area contributed by atoms with Gasteiger partial charge in [0.25, 0.3) is 0 Å². The predicted molar refractivity (Wildman–Crippen MR) is 99.2 cm³/mol. The number of thiazole rings is 1. The van der Waals surface area contributed by atoms with Crippen molar-refractivity contribution in [1.82, 2.24) is 20.1 Å². The van der Waals surface area contributed by atoms with E-state index in [-0.39, 0.29) is 0 Å². The number of aryl methyl sites for hydroxylation is 1. The standard InChI is InChI=1S/C17H31N5S/c1-5-18-17(21(4)12-15-13-23-14(3)20-15)19-11-16-9-7-8-10-22(16)6-2/h13,16H,5-12H2,1-4H3,(H,18,19). The summed E-state index contributed by atoms with van der Waals surface area (Å²) >= 11 is 1.71. The lowest BCUT2D eigenvalue weighted by molar-refractivity contribution is 0.161. The summed E-state index contributed by atoms with van der Waals surface area (Å²) in [6.07, 6.45) is 3.93. The van der Waals surface area contributed by atoms with Gasteiger partial charge in [-0.3, -0.25) is 9.89 Å². The van der Waals surface area contributed by atoms with Crippen LogP contribution in [-0.4, -0.2) is 60.0 Å². The number of hydrogen-bond donors (Lipinski definition) is 1. The molecule has 1 fully saturated rings. The summed E-state index contributed by atoms with van der Waals surface area (Å²) in [4.78, 5) is 14.2. The largest absolute Gasteiger partial charge is 0.357 e. The van der Waals surface area contributed by atoms with E-state index >= 15 is 0 Å². The second-order valence-electron chi connectivity index (χ2n) is 6.19. The third-order valence-corrected chi connectivity index (χ3v) is 5.19. The minimum Gasteiger partial charge on any atom is -0.357 e. The molecule has 0 amide bonds. The van der Waals surface area contributed by atoms with Crippen molar-refractivity contribution in [3.8, 4) is 0 Å². The van der Waals surface area contributed by atoms with Crippen molar-refractivity contribution in [3.63, 3.8) is 0 Å². The van der Waals surface area contributed by atoms with Crippen LogP contribution in [0.25, 0.3) is 0 Å². The van der Waals surface area contributed by atoms with Gasteiger partial charge in [-0.05, 0) is 39.8 Å². The van der Waals surface area contributed by atoms with Crippen molar-refractivity contribution in [1.29, 1.82) is 0 Å². The number of likely N-dealkylation sites (tertiary alicyclic amines) is 1. The fourth-order valence-electron chi connectivity index (χ4n) is 3.14. The molecule has 5 nitrogen and oxygen atoms in total. The van der Waals surface area contributed by atoms with Gasteiger partial charge in [0.05, 0.1) is 23.8 Å². The molecule has 130 valence electrons. The van der Waals surface area contributed by atoms with Crippen molar-refractivity contribution in [2.45, 2.75) is 52.6 Å². The average molecular weight is 338 g/mol. The van der Waals surface area contributed by atoms with E-state index in [0.29, 0.717) is 6.04 Å². The molecule has 1 aromatic heterocycles. The molecule has 2 rings (SSSR count). The number of piperidine rings is 1. The average Bonchev–Trinajstić information content (AvgIpc) is 2.96. The second kappa shape index (κ2) is 9.23. The quantitative estimate of drug-likeness (QED) is 0.640. The Hall–Kier alpha value is -1.14. The van der Waals surface area contributed by atoms with Crippen LogP contribution < -0.4 is 5.32 Å². The molecule has 1 unspecified atom stereocenters. The zero-order valence-electron chi connectivity index (χ0n) is 15.0. The van der Waals surface area contributed by atoms with Crippen LogP contribution in [0.3, 0.4) is 0 Å². The van der Waals surface area contributed by atoms with E-state index in [2.05, 4.69) is 53.3 Å². The van der Waals surface area contributed by atoms with E-state index in [4.69, 9.17) is 4.99 Å². The Kier molecular flexibility index (Phi) is 7.30. The van der Waals surface area contributed by atoms with Gasteiger partial charge in [-0.25, -0.2) is 4.98 Å². The highest BCUT2D eigenvalue weighted by Gasteiger charge is 2.21. The number of likely N-dealkylation sites (N-methyl/N-ethyl adjacent to an activating group) is 1. The number of aliphatic imine (C=N–C) groups is 1. The van der Waals surface area contributed by atoms with Gasteiger partial charge in [-0.2, -0.15) is 0 Å². The molecule has 23 heavy (non-hydrogen) atoms. The lowest BCUT2D eigenvalue weighted by Crippen LogP contribution is -2.43. The summed E-state index contributed by atoms with van der Waals surface area (Å²) in [5.41, 5.74) is 1.12. The minimum atomic E-state index is 0.595. The summed E-state index contributed by atoms with van der Waals surface area (Å²) < 4.78 is 0. The molecule has 0 radical (unpaired) electrons. The zero-order valence-corrected chi connectivity index (χ0v) is 15.8. The molecule has 1 saturated heterocycles. The van der Waals surface area contributed by atoms with Gasteiger partial charge in [0, 0.05) is 25.0 Å². The number of guanidine groups is 1. The van der Waals surface area contributed by atoms with Crippen molar-refractivity contribution in [2.24, 2.45) is 4.99 Å². The van der Waals surface area contributed by atoms with E-state index in [1.807, 2.05) is 0 Å². The maximum Gasteiger partial charge on any atom is 0.194 e. The normalized spacial score (nSPS) is 19.8. The van der Waals surface area contributed by atoms with Crippen LogP contribution in [0.5, 0.6) is 0 Å². The van der Waals surface area contributed by atoms with Crippen LogP contribution >= 0.6 is 11.3 Å². The number of rotatable bonds is 6. The highest BCUT2D eigenvalue weighted by atomic mass is 32.1. The Balaban J connectivity index is 1.97. The van der Waals surface area contributed by atoms with Crippen LogP contribution in [0.4, 0.5) is 0 Å². The first-order valence-electron chi connectivity index (χ1n) is 8.78. The van der Waals surface area contributed by atoms with E-state index in [0.717, 1.165) is 42.8 Å². The monoisotopic (exact) mass is 337 g/mol. The van der Waals surface area contributed by atoms with Crippen molar-refractivity contribution in [2.75, 3.05) is 33.2 Å². The summed E-state index contributed by atoms with van der Waals surface area (Å²) in [5, 5.41) is 6.67. The lowest BCUT2D eigenvalue weighted by Gasteiger charge is -2.34. The van der Waals surface area contributed by atoms with Crippen LogP contribution in [0.2, 0.25) is 0 Å². The van der Waals surface area contributed by atoms with Crippen molar-refractivity contribution < 1.29 is 0 Å². The number of hydrogen-bond acceptors (Lipinski definition) is 4. The first-order chi connectivity index (χ1) is 11.1. The Morgan fingerprint density at radius 2 is 2.30 bits per heavy atom. The molecule has 0 spiro atoms. The van der Waals surface area contributed by atoms with Crippen LogP contribution in [-0.2, 0) is 6.54 Å². The molecule has 0 aliphatic carbocycles. The molecule has 1 aromatic rings. The van der Waals surface area contributed by atoms with Gasteiger partial charge in [0.15, 0.2) is 5.96 Å². The van der Waals surface area contributed by atoms with Crippen LogP contribution in [0, 0.1) is 6.92 Å². The van der Waals surface area contributed by atoms with E-state index in [1.54, 1.807) is 11.3 Å². The molecule has 6 heteroatoms. The van der Waals surface area contributed by atoms with E-state index in [9.17, 15) is 0 Å². The fraction of sp³-hybridized carbons (Fsp3) is 0.765. The SMILES string of the molecule is CCNC(=NCC1CCCCN1CC)N(C)Cc1csc(C)n1. The van der Waals surface area contributed by atoms with Gasteiger partial charge in [0.2, 0.25) is 0 Å². The zero-order chi connectivity index (χ0) is 16.7. The van der Waals surface area contributed by atoms with Gasteiger partial charge in [0.1, 0.15) is 0 Å².